The summed E-state index contributed by atoms with van der Waals surface area (Å²) >= 11 is 0. The van der Waals surface area contributed by atoms with Gasteiger partial charge < -0.3 is 14.8 Å². The van der Waals surface area contributed by atoms with Crippen molar-refractivity contribution in [3.63, 3.8) is 0 Å². The molecule has 3 nitrogen and oxygen atoms in total. The van der Waals surface area contributed by atoms with Crippen molar-refractivity contribution in [3.8, 4) is 0 Å². The SMILES string of the molecule is CCCNC1CC(OCC2CC2)C1OCCC. The Morgan fingerprint density at radius 2 is 1.94 bits per heavy atom. The third-order valence-electron chi connectivity index (χ3n) is 3.66. The second-order valence-electron chi connectivity index (χ2n) is 5.45. The van der Waals surface area contributed by atoms with Crippen LogP contribution in [0.2, 0.25) is 0 Å². The van der Waals surface area contributed by atoms with E-state index in [9.17, 15) is 0 Å². The Labute approximate surface area is 105 Å². The molecule has 2 aliphatic rings. The van der Waals surface area contributed by atoms with Crippen molar-refractivity contribution in [2.45, 2.75) is 64.2 Å². The largest absolute Gasteiger partial charge is 0.375 e. The molecule has 0 saturated heterocycles. The van der Waals surface area contributed by atoms with Crippen LogP contribution in [0.3, 0.4) is 0 Å². The van der Waals surface area contributed by atoms with E-state index in [2.05, 4.69) is 19.2 Å². The average molecular weight is 241 g/mol. The van der Waals surface area contributed by atoms with Gasteiger partial charge in [0.25, 0.3) is 0 Å². The predicted molar refractivity (Wildman–Crippen MR) is 69.2 cm³/mol. The zero-order valence-electron chi connectivity index (χ0n) is 11.3. The lowest BCUT2D eigenvalue weighted by atomic mass is 9.85. The van der Waals surface area contributed by atoms with Gasteiger partial charge in [-0.2, -0.15) is 0 Å². The van der Waals surface area contributed by atoms with Gasteiger partial charge in [0, 0.05) is 19.3 Å². The summed E-state index contributed by atoms with van der Waals surface area (Å²) in [5.41, 5.74) is 0. The maximum atomic E-state index is 5.96. The van der Waals surface area contributed by atoms with Gasteiger partial charge in [-0.1, -0.05) is 13.8 Å². The van der Waals surface area contributed by atoms with Crippen LogP contribution in [0.5, 0.6) is 0 Å². The van der Waals surface area contributed by atoms with Gasteiger partial charge in [-0.25, -0.2) is 0 Å². The Balaban J connectivity index is 1.68. The quantitative estimate of drug-likeness (QED) is 0.672. The summed E-state index contributed by atoms with van der Waals surface area (Å²) in [7, 11) is 0. The molecule has 1 N–H and O–H groups in total. The summed E-state index contributed by atoms with van der Waals surface area (Å²) in [6.07, 6.45) is 6.77. The van der Waals surface area contributed by atoms with Crippen LogP contribution in [0.1, 0.15) is 46.0 Å². The first-order chi connectivity index (χ1) is 8.35. The molecule has 0 amide bonds. The molecule has 3 atom stereocenters. The van der Waals surface area contributed by atoms with Gasteiger partial charge in [-0.3, -0.25) is 0 Å². The normalized spacial score (nSPS) is 32.5. The van der Waals surface area contributed by atoms with E-state index >= 15 is 0 Å². The molecule has 2 saturated carbocycles. The summed E-state index contributed by atoms with van der Waals surface area (Å²) in [6.45, 7) is 7.27. The third kappa shape index (κ3) is 3.94. The lowest BCUT2D eigenvalue weighted by Crippen LogP contribution is -2.60. The molecule has 0 aromatic heterocycles. The van der Waals surface area contributed by atoms with Gasteiger partial charge in [0.2, 0.25) is 0 Å². The molecule has 3 heteroatoms. The van der Waals surface area contributed by atoms with Gasteiger partial charge >= 0.3 is 0 Å². The molecular formula is C14H27NO2. The van der Waals surface area contributed by atoms with E-state index < -0.39 is 0 Å². The zero-order valence-corrected chi connectivity index (χ0v) is 11.3. The molecule has 2 rings (SSSR count). The Morgan fingerprint density at radius 1 is 1.12 bits per heavy atom. The van der Waals surface area contributed by atoms with E-state index in [1.807, 2.05) is 0 Å². The van der Waals surface area contributed by atoms with Crippen LogP contribution in [0.4, 0.5) is 0 Å². The molecule has 0 radical (unpaired) electrons. The highest BCUT2D eigenvalue weighted by molar-refractivity contribution is 4.97. The minimum absolute atomic E-state index is 0.292. The lowest BCUT2D eigenvalue weighted by Gasteiger charge is -2.44. The standard InChI is InChI=1S/C14H27NO2/c1-3-7-15-12-9-13(14(12)16-8-4-2)17-10-11-5-6-11/h11-15H,3-10H2,1-2H3. The number of ether oxygens (including phenoxy) is 2. The molecular weight excluding hydrogens is 214 g/mol. The van der Waals surface area contributed by atoms with Crippen LogP contribution in [-0.4, -0.2) is 38.0 Å². The molecule has 0 spiro atoms. The van der Waals surface area contributed by atoms with E-state index in [1.165, 1.54) is 19.3 Å². The van der Waals surface area contributed by atoms with E-state index in [0.29, 0.717) is 18.2 Å². The molecule has 17 heavy (non-hydrogen) atoms. The van der Waals surface area contributed by atoms with Crippen molar-refractivity contribution in [2.75, 3.05) is 19.8 Å². The van der Waals surface area contributed by atoms with Crippen molar-refractivity contribution in [1.82, 2.24) is 5.32 Å². The highest BCUT2D eigenvalue weighted by Gasteiger charge is 2.43. The zero-order chi connectivity index (χ0) is 12.1. The Bertz CT molecular complexity index is 218. The summed E-state index contributed by atoms with van der Waals surface area (Å²) in [6, 6.07) is 0.519. The van der Waals surface area contributed by atoms with Crippen LogP contribution in [0, 0.1) is 5.92 Å². The van der Waals surface area contributed by atoms with E-state index in [1.54, 1.807) is 0 Å². The van der Waals surface area contributed by atoms with Crippen molar-refractivity contribution in [2.24, 2.45) is 5.92 Å². The maximum absolute atomic E-state index is 5.96. The smallest absolute Gasteiger partial charge is 0.0990 e. The molecule has 0 aromatic rings. The Morgan fingerprint density at radius 3 is 2.59 bits per heavy atom. The third-order valence-corrected chi connectivity index (χ3v) is 3.66. The van der Waals surface area contributed by atoms with Crippen LogP contribution in [0.25, 0.3) is 0 Å². The van der Waals surface area contributed by atoms with Crippen molar-refractivity contribution >= 4 is 0 Å². The highest BCUT2D eigenvalue weighted by Crippen LogP contribution is 2.33. The topological polar surface area (TPSA) is 30.5 Å². The molecule has 3 unspecified atom stereocenters. The second kappa shape index (κ2) is 6.72. The molecule has 0 aliphatic heterocycles. The van der Waals surface area contributed by atoms with Crippen LogP contribution >= 0.6 is 0 Å². The second-order valence-corrected chi connectivity index (χ2v) is 5.45. The number of rotatable bonds is 9. The van der Waals surface area contributed by atoms with Crippen LogP contribution < -0.4 is 5.32 Å². The molecule has 0 aromatic carbocycles. The van der Waals surface area contributed by atoms with Gasteiger partial charge in [0.15, 0.2) is 0 Å². The highest BCUT2D eigenvalue weighted by atomic mass is 16.5. The Hall–Kier alpha value is -0.120. The molecule has 2 aliphatic carbocycles. The summed E-state index contributed by atoms with van der Waals surface area (Å²) < 4.78 is 11.9. The van der Waals surface area contributed by atoms with E-state index in [4.69, 9.17) is 9.47 Å². The van der Waals surface area contributed by atoms with Crippen LogP contribution in [-0.2, 0) is 9.47 Å². The molecule has 0 bridgehead atoms. The van der Waals surface area contributed by atoms with E-state index in [-0.39, 0.29) is 0 Å². The summed E-state index contributed by atoms with van der Waals surface area (Å²) in [5.74, 6) is 0.851. The monoisotopic (exact) mass is 241 g/mol. The van der Waals surface area contributed by atoms with E-state index in [0.717, 1.165) is 38.5 Å². The summed E-state index contributed by atoms with van der Waals surface area (Å²) in [4.78, 5) is 0. The minimum atomic E-state index is 0.292. The van der Waals surface area contributed by atoms with Crippen molar-refractivity contribution in [1.29, 1.82) is 0 Å². The fraction of sp³-hybridized carbons (Fsp3) is 1.00. The van der Waals surface area contributed by atoms with Crippen molar-refractivity contribution in [3.05, 3.63) is 0 Å². The lowest BCUT2D eigenvalue weighted by molar-refractivity contribution is -0.148. The number of nitrogens with one attached hydrogen (secondary N) is 1. The maximum Gasteiger partial charge on any atom is 0.0990 e. The minimum Gasteiger partial charge on any atom is -0.375 e. The Kier molecular flexibility index (Phi) is 5.26. The fourth-order valence-corrected chi connectivity index (χ4v) is 2.30. The predicted octanol–water partition coefficient (Wildman–Crippen LogP) is 2.35. The molecule has 100 valence electrons. The van der Waals surface area contributed by atoms with Gasteiger partial charge in [-0.15, -0.1) is 0 Å². The fourth-order valence-electron chi connectivity index (χ4n) is 2.30. The first kappa shape index (κ1) is 13.3. The number of hydrogen-bond donors (Lipinski definition) is 1. The average Bonchev–Trinajstić information content (AvgIpc) is 3.11. The number of hydrogen-bond acceptors (Lipinski definition) is 3. The molecule has 2 fully saturated rings. The summed E-state index contributed by atoms with van der Waals surface area (Å²) in [5, 5.41) is 3.56. The van der Waals surface area contributed by atoms with Crippen molar-refractivity contribution < 1.29 is 9.47 Å². The van der Waals surface area contributed by atoms with Crippen LogP contribution in [0.15, 0.2) is 0 Å². The van der Waals surface area contributed by atoms with Gasteiger partial charge in [-0.05, 0) is 44.6 Å². The van der Waals surface area contributed by atoms with Gasteiger partial charge in [0.1, 0.15) is 0 Å². The first-order valence-corrected chi connectivity index (χ1v) is 7.31. The molecule has 0 heterocycles. The first-order valence-electron chi connectivity index (χ1n) is 7.31. The van der Waals surface area contributed by atoms with Gasteiger partial charge in [0.05, 0.1) is 12.2 Å².